The van der Waals surface area contributed by atoms with Crippen molar-refractivity contribution in [3.8, 4) is 11.1 Å². The Morgan fingerprint density at radius 1 is 1.11 bits per heavy atom. The molecule has 1 atom stereocenters. The molecule has 1 fully saturated rings. The van der Waals surface area contributed by atoms with E-state index in [2.05, 4.69) is 26.1 Å². The predicted octanol–water partition coefficient (Wildman–Crippen LogP) is 6.50. The van der Waals surface area contributed by atoms with Gasteiger partial charge in [-0.15, -0.1) is 0 Å². The molecule has 0 spiro atoms. The van der Waals surface area contributed by atoms with Crippen LogP contribution in [0.2, 0.25) is 0 Å². The zero-order valence-corrected chi connectivity index (χ0v) is 22.2. The summed E-state index contributed by atoms with van der Waals surface area (Å²) in [6.07, 6.45) is 7.21. The second kappa shape index (κ2) is 12.7. The summed E-state index contributed by atoms with van der Waals surface area (Å²) in [5, 5.41) is 11.5. The summed E-state index contributed by atoms with van der Waals surface area (Å²) >= 11 is 0. The van der Waals surface area contributed by atoms with Gasteiger partial charge in [0.15, 0.2) is 0 Å². The van der Waals surface area contributed by atoms with E-state index in [4.69, 9.17) is 5.41 Å². The van der Waals surface area contributed by atoms with Gasteiger partial charge in [0.25, 0.3) is 5.91 Å². The number of piperidine rings is 1. The van der Waals surface area contributed by atoms with Gasteiger partial charge >= 0.3 is 0 Å². The van der Waals surface area contributed by atoms with E-state index in [-0.39, 0.29) is 5.91 Å². The Balaban J connectivity index is 1.60. The van der Waals surface area contributed by atoms with E-state index in [1.165, 1.54) is 5.57 Å². The van der Waals surface area contributed by atoms with Crippen molar-refractivity contribution in [1.29, 1.82) is 5.41 Å². The normalized spacial score (nSPS) is 16.5. The minimum absolute atomic E-state index is 0.100. The van der Waals surface area contributed by atoms with E-state index in [1.54, 1.807) is 0 Å². The van der Waals surface area contributed by atoms with Gasteiger partial charge in [0, 0.05) is 18.7 Å². The molecule has 2 N–H and O–H groups in total. The molecule has 2 aromatic carbocycles. The second-order valence-electron chi connectivity index (χ2n) is 10.7. The van der Waals surface area contributed by atoms with E-state index >= 15 is 0 Å². The zero-order valence-electron chi connectivity index (χ0n) is 22.2. The number of aldehydes is 1. The molecule has 5 nitrogen and oxygen atoms in total. The van der Waals surface area contributed by atoms with Crippen LogP contribution in [0.4, 0.5) is 0 Å². The third kappa shape index (κ3) is 7.39. The van der Waals surface area contributed by atoms with E-state index < -0.39 is 5.54 Å². The Bertz CT molecular complexity index is 1070. The molecule has 1 aliphatic heterocycles. The number of nitrogens with zero attached hydrogens (tertiary/aromatic N) is 1. The monoisotopic (exact) mass is 487 g/mol. The Hall–Kier alpha value is -3.21. The van der Waals surface area contributed by atoms with Crippen LogP contribution in [0.5, 0.6) is 0 Å². The number of hydrogen-bond acceptors (Lipinski definition) is 3. The maximum atomic E-state index is 13.4. The van der Waals surface area contributed by atoms with Crippen molar-refractivity contribution in [3.63, 3.8) is 0 Å². The first-order chi connectivity index (χ1) is 17.2. The first kappa shape index (κ1) is 27.4. The van der Waals surface area contributed by atoms with Crippen LogP contribution < -0.4 is 5.32 Å². The summed E-state index contributed by atoms with van der Waals surface area (Å²) in [6.45, 7) is 9.63. The Labute approximate surface area is 216 Å². The van der Waals surface area contributed by atoms with Crippen molar-refractivity contribution in [2.75, 3.05) is 13.1 Å². The number of amidine groups is 1. The van der Waals surface area contributed by atoms with Crippen LogP contribution in [-0.2, 0) is 4.79 Å². The minimum atomic E-state index is -0.720. The quantitative estimate of drug-likeness (QED) is 0.228. The van der Waals surface area contributed by atoms with E-state index in [1.807, 2.05) is 72.5 Å². The molecule has 1 heterocycles. The molecule has 1 aliphatic rings. The molecule has 2 aromatic rings. The van der Waals surface area contributed by atoms with Gasteiger partial charge in [0.1, 0.15) is 12.1 Å². The van der Waals surface area contributed by atoms with Gasteiger partial charge in [-0.3, -0.25) is 10.2 Å². The molecule has 0 bridgehead atoms. The molecular weight excluding hydrogens is 446 g/mol. The highest BCUT2D eigenvalue weighted by Gasteiger charge is 2.27. The number of benzene rings is 2. The molecule has 1 saturated heterocycles. The number of hydrogen-bond donors (Lipinski definition) is 2. The van der Waals surface area contributed by atoms with Crippen LogP contribution in [0, 0.1) is 17.2 Å². The molecule has 1 unspecified atom stereocenters. The summed E-state index contributed by atoms with van der Waals surface area (Å²) in [5.74, 6) is 1.25. The topological polar surface area (TPSA) is 73.3 Å². The van der Waals surface area contributed by atoms with Crippen LogP contribution in [0.25, 0.3) is 11.1 Å². The predicted molar refractivity (Wildman–Crippen MR) is 148 cm³/mol. The average Bonchev–Trinajstić information content (AvgIpc) is 2.88. The Morgan fingerprint density at radius 2 is 1.75 bits per heavy atom. The van der Waals surface area contributed by atoms with Gasteiger partial charge in [-0.2, -0.15) is 0 Å². The van der Waals surface area contributed by atoms with Crippen molar-refractivity contribution < 1.29 is 9.59 Å². The van der Waals surface area contributed by atoms with Crippen molar-refractivity contribution >= 4 is 18.0 Å². The number of carbonyl (C=O) groups is 2. The zero-order chi connectivity index (χ0) is 26.1. The molecule has 3 rings (SSSR count). The average molecular weight is 488 g/mol. The maximum absolute atomic E-state index is 13.4. The van der Waals surface area contributed by atoms with E-state index in [0.717, 1.165) is 61.7 Å². The fourth-order valence-corrected chi connectivity index (χ4v) is 5.25. The van der Waals surface area contributed by atoms with Crippen molar-refractivity contribution in [2.24, 2.45) is 11.8 Å². The first-order valence-electron chi connectivity index (χ1n) is 13.2. The fourth-order valence-electron chi connectivity index (χ4n) is 5.25. The lowest BCUT2D eigenvalue weighted by molar-refractivity contribution is -0.112. The van der Waals surface area contributed by atoms with Gasteiger partial charge in [0.2, 0.25) is 0 Å². The molecule has 36 heavy (non-hydrogen) atoms. The van der Waals surface area contributed by atoms with E-state index in [9.17, 15) is 9.59 Å². The number of carbonyl (C=O) groups excluding carboxylic acids is 2. The second-order valence-corrected chi connectivity index (χ2v) is 10.7. The lowest BCUT2D eigenvalue weighted by atomic mass is 9.88. The molecule has 1 amide bonds. The lowest BCUT2D eigenvalue weighted by Gasteiger charge is -2.33. The van der Waals surface area contributed by atoms with Gasteiger partial charge in [-0.1, -0.05) is 74.9 Å². The summed E-state index contributed by atoms with van der Waals surface area (Å²) < 4.78 is 0. The van der Waals surface area contributed by atoms with Crippen molar-refractivity contribution in [2.45, 2.75) is 65.3 Å². The summed E-state index contributed by atoms with van der Waals surface area (Å²) in [7, 11) is 0. The molecule has 0 aromatic heterocycles. The maximum Gasteiger partial charge on any atom is 0.254 e. The van der Waals surface area contributed by atoms with Gasteiger partial charge in [0.05, 0.1) is 5.54 Å². The Morgan fingerprint density at radius 3 is 2.36 bits per heavy atom. The molecule has 0 radical (unpaired) electrons. The van der Waals surface area contributed by atoms with Crippen LogP contribution in [0.3, 0.4) is 0 Å². The van der Waals surface area contributed by atoms with Gasteiger partial charge in [-0.25, -0.2) is 0 Å². The minimum Gasteiger partial charge on any atom is -0.359 e. The van der Waals surface area contributed by atoms with Crippen molar-refractivity contribution in [1.82, 2.24) is 10.2 Å². The SMILES string of the molecule is CC/C(=C/C(=N)NC(C)(C=O)CC(C)C)CC1CCN(C(=O)c2ccccc2-c2ccccc2)CC1. The summed E-state index contributed by atoms with van der Waals surface area (Å²) in [4.78, 5) is 27.0. The lowest BCUT2D eigenvalue weighted by Crippen LogP contribution is -2.47. The van der Waals surface area contributed by atoms with Gasteiger partial charge in [-0.05, 0) is 74.1 Å². The van der Waals surface area contributed by atoms with Crippen LogP contribution in [-0.4, -0.2) is 41.6 Å². The van der Waals surface area contributed by atoms with Gasteiger partial charge < -0.3 is 15.0 Å². The fraction of sp³-hybridized carbons (Fsp3) is 0.452. The largest absolute Gasteiger partial charge is 0.359 e. The highest BCUT2D eigenvalue weighted by molar-refractivity contribution is 6.01. The van der Waals surface area contributed by atoms with Crippen LogP contribution in [0.15, 0.2) is 66.2 Å². The molecule has 5 heteroatoms. The summed E-state index contributed by atoms with van der Waals surface area (Å²) in [6, 6.07) is 17.9. The molecule has 0 saturated carbocycles. The number of allylic oxidation sites excluding steroid dienone is 1. The smallest absolute Gasteiger partial charge is 0.254 e. The highest BCUT2D eigenvalue weighted by atomic mass is 16.2. The third-order valence-electron chi connectivity index (χ3n) is 7.01. The highest BCUT2D eigenvalue weighted by Crippen LogP contribution is 2.29. The molecule has 0 aliphatic carbocycles. The number of amides is 1. The summed E-state index contributed by atoms with van der Waals surface area (Å²) in [5.41, 5.74) is 3.29. The van der Waals surface area contributed by atoms with Crippen molar-refractivity contribution in [3.05, 3.63) is 71.8 Å². The van der Waals surface area contributed by atoms with Crippen LogP contribution in [0.1, 0.15) is 70.2 Å². The Kier molecular flexibility index (Phi) is 9.63. The number of likely N-dealkylation sites (tertiary alicyclic amines) is 1. The number of nitrogens with one attached hydrogen (secondary N) is 2. The molecule has 192 valence electrons. The standard InChI is InChI=1S/C31H41N3O2/c1-5-24(20-29(32)33-31(4,22-35)21-23(2)3)19-25-15-17-34(18-16-25)30(36)28-14-10-9-13-27(28)26-11-7-6-8-12-26/h6-14,20,22-23,25H,5,15-19,21H2,1-4H3,(H2,32,33)/b24-20-. The number of rotatable bonds is 10. The van der Waals surface area contributed by atoms with Crippen LogP contribution >= 0.6 is 0 Å². The third-order valence-corrected chi connectivity index (χ3v) is 7.01. The molecular formula is C31H41N3O2. The first-order valence-corrected chi connectivity index (χ1v) is 13.2. The van der Waals surface area contributed by atoms with E-state index in [0.29, 0.717) is 24.1 Å².